The number of nitrogens with zero attached hydrogens (tertiary/aromatic N) is 3. The zero-order chi connectivity index (χ0) is 22.7. The van der Waals surface area contributed by atoms with Gasteiger partial charge in [0.25, 0.3) is 5.56 Å². The molecule has 158 valence electrons. The highest BCUT2D eigenvalue weighted by molar-refractivity contribution is 7.99. The summed E-state index contributed by atoms with van der Waals surface area (Å²) in [5.41, 5.74) is 7.20. The van der Waals surface area contributed by atoms with Crippen molar-refractivity contribution in [3.8, 4) is 22.2 Å². The second-order valence-electron chi connectivity index (χ2n) is 6.95. The van der Waals surface area contributed by atoms with Crippen LogP contribution in [0.5, 0.6) is 0 Å². The zero-order valence-electron chi connectivity index (χ0n) is 17.1. The van der Waals surface area contributed by atoms with Gasteiger partial charge in [-0.1, -0.05) is 60.3 Å². The lowest BCUT2D eigenvalue weighted by Gasteiger charge is -2.11. The van der Waals surface area contributed by atoms with Gasteiger partial charge >= 0.3 is 0 Å². The van der Waals surface area contributed by atoms with Crippen LogP contribution in [-0.2, 0) is 4.79 Å². The topological polar surface area (TPSA) is 102 Å². The predicted octanol–water partition coefficient (Wildman–Crippen LogP) is 4.53. The van der Waals surface area contributed by atoms with Crippen molar-refractivity contribution in [2.75, 3.05) is 5.75 Å². The normalized spacial score (nSPS) is 11.8. The molecule has 0 bridgehead atoms. The highest BCUT2D eigenvalue weighted by Gasteiger charge is 2.19. The molecular formula is C24H18N4O2S2. The average molecular weight is 459 g/mol. The Morgan fingerprint density at radius 1 is 1.16 bits per heavy atom. The van der Waals surface area contributed by atoms with Crippen LogP contribution < -0.4 is 11.3 Å². The molecular weight excluding hydrogens is 440 g/mol. The minimum atomic E-state index is -0.400. The Labute approximate surface area is 192 Å². The molecule has 0 aliphatic heterocycles. The molecule has 2 aromatic heterocycles. The SMILES string of the molecule is C/C(N)=C(/C#N)C(=O)CSc1nc2sc(-c3ccccc3)cc2c(=O)n1-c1ccccc1. The Morgan fingerprint density at radius 3 is 2.44 bits per heavy atom. The molecule has 0 radical (unpaired) electrons. The molecule has 0 saturated carbocycles. The van der Waals surface area contributed by atoms with E-state index in [2.05, 4.69) is 0 Å². The van der Waals surface area contributed by atoms with Gasteiger partial charge in [-0.25, -0.2) is 4.98 Å². The molecule has 8 heteroatoms. The molecule has 6 nitrogen and oxygen atoms in total. The minimum absolute atomic E-state index is 0.0564. The molecule has 0 unspecified atom stereocenters. The van der Waals surface area contributed by atoms with Crippen molar-refractivity contribution in [3.63, 3.8) is 0 Å². The molecule has 0 amide bonds. The largest absolute Gasteiger partial charge is 0.401 e. The van der Waals surface area contributed by atoms with Crippen molar-refractivity contribution < 1.29 is 4.79 Å². The van der Waals surface area contributed by atoms with Crippen molar-refractivity contribution in [2.45, 2.75) is 12.1 Å². The monoisotopic (exact) mass is 458 g/mol. The number of fused-ring (bicyclic) bond motifs is 1. The van der Waals surface area contributed by atoms with E-state index in [1.165, 1.54) is 22.8 Å². The van der Waals surface area contributed by atoms with Crippen LogP contribution in [0, 0.1) is 11.3 Å². The number of Topliss-reactive ketones (excluding diaryl/α,β-unsaturated/α-hetero) is 1. The van der Waals surface area contributed by atoms with Gasteiger partial charge in [-0.05, 0) is 30.7 Å². The second kappa shape index (κ2) is 9.22. The third-order valence-corrected chi connectivity index (χ3v) is 6.74. The summed E-state index contributed by atoms with van der Waals surface area (Å²) in [4.78, 5) is 32.2. The molecule has 2 N–H and O–H groups in total. The van der Waals surface area contributed by atoms with Gasteiger partial charge in [0, 0.05) is 10.6 Å². The highest BCUT2D eigenvalue weighted by Crippen LogP contribution is 2.32. The van der Waals surface area contributed by atoms with Crippen LogP contribution in [-0.4, -0.2) is 21.1 Å². The predicted molar refractivity (Wildman–Crippen MR) is 129 cm³/mol. The van der Waals surface area contributed by atoms with Crippen molar-refractivity contribution >= 4 is 39.1 Å². The Balaban J connectivity index is 1.83. The number of carbonyl (C=O) groups is 1. The minimum Gasteiger partial charge on any atom is -0.401 e. The van der Waals surface area contributed by atoms with Gasteiger partial charge < -0.3 is 5.73 Å². The standard InChI is InChI=1S/C24H18N4O2S2/c1-15(26)19(13-25)20(29)14-31-24-27-22-18(12-21(32-22)16-8-4-2-5-9-16)23(30)28(24)17-10-6-3-7-11-17/h2-12H,14,26H2,1H3/b19-15+. The summed E-state index contributed by atoms with van der Waals surface area (Å²) in [6.07, 6.45) is 0. The van der Waals surface area contributed by atoms with Crippen molar-refractivity contribution in [1.82, 2.24) is 9.55 Å². The molecule has 4 rings (SSSR count). The summed E-state index contributed by atoms with van der Waals surface area (Å²) in [6.45, 7) is 1.52. The van der Waals surface area contributed by atoms with Crippen LogP contribution in [0.15, 0.2) is 88.0 Å². The first-order valence-corrected chi connectivity index (χ1v) is 11.5. The highest BCUT2D eigenvalue weighted by atomic mass is 32.2. The van der Waals surface area contributed by atoms with Crippen LogP contribution >= 0.6 is 23.1 Å². The van der Waals surface area contributed by atoms with E-state index in [1.54, 1.807) is 0 Å². The number of rotatable bonds is 6. The number of nitrogens with two attached hydrogens (primary N) is 1. The van der Waals surface area contributed by atoms with E-state index in [1.807, 2.05) is 72.8 Å². The fourth-order valence-electron chi connectivity index (χ4n) is 3.18. The summed E-state index contributed by atoms with van der Waals surface area (Å²) in [5, 5.41) is 10.1. The number of allylic oxidation sites excluding steroid dienone is 2. The Hall–Kier alpha value is -3.67. The molecule has 2 aromatic carbocycles. The molecule has 4 aromatic rings. The lowest BCUT2D eigenvalue weighted by Crippen LogP contribution is -2.21. The van der Waals surface area contributed by atoms with Gasteiger partial charge in [0.15, 0.2) is 10.9 Å². The number of carbonyl (C=O) groups excluding carboxylic acids is 1. The summed E-state index contributed by atoms with van der Waals surface area (Å²) < 4.78 is 1.51. The fraction of sp³-hybridized carbons (Fsp3) is 0.0833. The van der Waals surface area contributed by atoms with Gasteiger partial charge in [-0.3, -0.25) is 14.2 Å². The molecule has 0 fully saturated rings. The molecule has 32 heavy (non-hydrogen) atoms. The maximum absolute atomic E-state index is 13.5. The number of hydrogen-bond donors (Lipinski definition) is 1. The maximum atomic E-state index is 13.5. The van der Waals surface area contributed by atoms with Crippen LogP contribution in [0.3, 0.4) is 0 Å². The van der Waals surface area contributed by atoms with Crippen LogP contribution in [0.4, 0.5) is 0 Å². The number of hydrogen-bond acceptors (Lipinski definition) is 7. The number of aromatic nitrogens is 2. The van der Waals surface area contributed by atoms with E-state index < -0.39 is 5.78 Å². The first-order chi connectivity index (χ1) is 15.5. The van der Waals surface area contributed by atoms with E-state index in [0.29, 0.717) is 21.1 Å². The number of ketones is 1. The summed E-state index contributed by atoms with van der Waals surface area (Å²) in [7, 11) is 0. The Morgan fingerprint density at radius 2 is 1.81 bits per heavy atom. The number of thioether (sulfide) groups is 1. The fourth-order valence-corrected chi connectivity index (χ4v) is 5.14. The van der Waals surface area contributed by atoms with Gasteiger partial charge in [0.2, 0.25) is 0 Å². The number of benzene rings is 2. The van der Waals surface area contributed by atoms with Gasteiger partial charge in [-0.2, -0.15) is 5.26 Å². The third kappa shape index (κ3) is 4.21. The van der Waals surface area contributed by atoms with Crippen molar-refractivity contribution in [2.24, 2.45) is 5.73 Å². The maximum Gasteiger partial charge on any atom is 0.267 e. The van der Waals surface area contributed by atoms with Gasteiger partial charge in [-0.15, -0.1) is 11.3 Å². The zero-order valence-corrected chi connectivity index (χ0v) is 18.7. The van der Waals surface area contributed by atoms with Crippen LogP contribution in [0.25, 0.3) is 26.3 Å². The lowest BCUT2D eigenvalue weighted by molar-refractivity contribution is -0.112. The van der Waals surface area contributed by atoms with E-state index in [-0.39, 0.29) is 22.6 Å². The van der Waals surface area contributed by atoms with Crippen molar-refractivity contribution in [3.05, 3.63) is 88.4 Å². The smallest absolute Gasteiger partial charge is 0.267 e. The van der Waals surface area contributed by atoms with Gasteiger partial charge in [0.05, 0.1) is 16.8 Å². The molecule has 0 saturated heterocycles. The quantitative estimate of drug-likeness (QED) is 0.197. The summed E-state index contributed by atoms with van der Waals surface area (Å²) in [6, 6.07) is 22.7. The molecule has 0 aliphatic rings. The number of para-hydroxylation sites is 1. The van der Waals surface area contributed by atoms with E-state index in [0.717, 1.165) is 22.2 Å². The summed E-state index contributed by atoms with van der Waals surface area (Å²) in [5.74, 6) is -0.457. The number of nitriles is 1. The first kappa shape index (κ1) is 21.6. The number of thiophene rings is 1. The van der Waals surface area contributed by atoms with E-state index in [4.69, 9.17) is 10.7 Å². The third-order valence-electron chi connectivity index (χ3n) is 4.72. The van der Waals surface area contributed by atoms with Crippen molar-refractivity contribution in [1.29, 1.82) is 5.26 Å². The van der Waals surface area contributed by atoms with Crippen LogP contribution in [0.2, 0.25) is 0 Å². The van der Waals surface area contributed by atoms with Gasteiger partial charge in [0.1, 0.15) is 16.5 Å². The molecule has 0 atom stereocenters. The first-order valence-electron chi connectivity index (χ1n) is 9.69. The average Bonchev–Trinajstić information content (AvgIpc) is 3.24. The molecule has 2 heterocycles. The Kier molecular flexibility index (Phi) is 6.21. The summed E-state index contributed by atoms with van der Waals surface area (Å²) >= 11 is 2.54. The molecule has 0 aliphatic carbocycles. The lowest BCUT2D eigenvalue weighted by atomic mass is 10.2. The Bertz CT molecular complexity index is 1430. The van der Waals surface area contributed by atoms with Crippen LogP contribution in [0.1, 0.15) is 6.92 Å². The van der Waals surface area contributed by atoms with E-state index in [9.17, 15) is 14.9 Å². The second-order valence-corrected chi connectivity index (χ2v) is 8.92. The van der Waals surface area contributed by atoms with E-state index >= 15 is 0 Å². The molecule has 0 spiro atoms.